The summed E-state index contributed by atoms with van der Waals surface area (Å²) in [6.07, 6.45) is 11.1. The van der Waals surface area contributed by atoms with Crippen LogP contribution in [0.4, 0.5) is 0 Å². The van der Waals surface area contributed by atoms with Crippen molar-refractivity contribution in [2.45, 2.75) is 70.8 Å². The zero-order valence-corrected chi connectivity index (χ0v) is 12.6. The molecule has 0 unspecified atom stereocenters. The molecule has 0 aromatic heterocycles. The summed E-state index contributed by atoms with van der Waals surface area (Å²) in [5.41, 5.74) is 0.803. The molecule has 2 nitrogen and oxygen atoms in total. The van der Waals surface area contributed by atoms with Crippen LogP contribution < -0.4 is 0 Å². The van der Waals surface area contributed by atoms with Crippen LogP contribution in [0, 0.1) is 0 Å². The van der Waals surface area contributed by atoms with E-state index < -0.39 is 0 Å². The number of rotatable bonds is 5. The summed E-state index contributed by atoms with van der Waals surface area (Å²) in [5.74, 6) is 0.374. The van der Waals surface area contributed by atoms with Crippen molar-refractivity contribution in [1.82, 2.24) is 4.90 Å². The van der Waals surface area contributed by atoms with E-state index in [1.165, 1.54) is 25.7 Å². The van der Waals surface area contributed by atoms with Crippen molar-refractivity contribution in [1.29, 1.82) is 0 Å². The Morgan fingerprint density at radius 3 is 2.33 bits per heavy atom. The lowest BCUT2D eigenvalue weighted by Gasteiger charge is -2.38. The van der Waals surface area contributed by atoms with Crippen molar-refractivity contribution in [3.05, 3.63) is 11.6 Å². The highest BCUT2D eigenvalue weighted by atomic mass is 16.1. The Morgan fingerprint density at radius 2 is 1.78 bits per heavy atom. The van der Waals surface area contributed by atoms with Crippen LogP contribution in [0.5, 0.6) is 0 Å². The van der Waals surface area contributed by atoms with E-state index in [2.05, 4.69) is 24.8 Å². The van der Waals surface area contributed by atoms with E-state index in [0.717, 1.165) is 31.3 Å². The number of hydrogen-bond donors (Lipinski definition) is 0. The Hall–Kier alpha value is -0.630. The largest absolute Gasteiger partial charge is 0.297 e. The monoisotopic (exact) mass is 251 g/mol. The molecule has 0 heterocycles. The van der Waals surface area contributed by atoms with Gasteiger partial charge in [0.2, 0.25) is 0 Å². The molecule has 1 rings (SSSR count). The highest BCUT2D eigenvalue weighted by molar-refractivity contribution is 6.02. The first kappa shape index (κ1) is 15.4. The van der Waals surface area contributed by atoms with Gasteiger partial charge in [-0.25, -0.2) is 0 Å². The molecule has 0 saturated carbocycles. The van der Waals surface area contributed by atoms with Gasteiger partial charge in [-0.15, -0.1) is 0 Å². The highest BCUT2D eigenvalue weighted by Crippen LogP contribution is 2.29. The molecule has 0 fully saturated rings. The van der Waals surface area contributed by atoms with Gasteiger partial charge in [0.05, 0.1) is 5.54 Å². The van der Waals surface area contributed by atoms with Crippen LogP contribution in [0.1, 0.15) is 65.2 Å². The van der Waals surface area contributed by atoms with Gasteiger partial charge in [-0.05, 0) is 58.2 Å². The summed E-state index contributed by atoms with van der Waals surface area (Å²) in [5, 5.41) is 0. The first-order valence-electron chi connectivity index (χ1n) is 7.49. The molecule has 0 bridgehead atoms. The fourth-order valence-electron chi connectivity index (χ4n) is 3.10. The van der Waals surface area contributed by atoms with E-state index in [-0.39, 0.29) is 5.54 Å². The molecule has 0 spiro atoms. The third-order valence-corrected chi connectivity index (χ3v) is 4.53. The quantitative estimate of drug-likeness (QED) is 0.737. The maximum absolute atomic E-state index is 12.9. The fourth-order valence-corrected chi connectivity index (χ4v) is 3.10. The smallest absolute Gasteiger partial charge is 0.178 e. The van der Waals surface area contributed by atoms with Gasteiger partial charge < -0.3 is 0 Å². The molecule has 1 aliphatic rings. The summed E-state index contributed by atoms with van der Waals surface area (Å²) >= 11 is 0. The molecule has 0 aliphatic heterocycles. The Balaban J connectivity index is 2.94. The van der Waals surface area contributed by atoms with Crippen LogP contribution in [0.25, 0.3) is 0 Å². The zero-order chi connectivity index (χ0) is 13.6. The molecule has 0 saturated heterocycles. The van der Waals surface area contributed by atoms with Crippen molar-refractivity contribution in [2.24, 2.45) is 0 Å². The number of ketones is 1. The third-order valence-electron chi connectivity index (χ3n) is 4.53. The summed E-state index contributed by atoms with van der Waals surface area (Å²) < 4.78 is 0. The Morgan fingerprint density at radius 1 is 1.17 bits per heavy atom. The van der Waals surface area contributed by atoms with Crippen LogP contribution in [0.15, 0.2) is 11.6 Å². The van der Waals surface area contributed by atoms with Crippen molar-refractivity contribution < 1.29 is 4.79 Å². The maximum Gasteiger partial charge on any atom is 0.178 e. The predicted molar refractivity (Wildman–Crippen MR) is 77.8 cm³/mol. The number of likely N-dealkylation sites (N-methyl/N-ethyl adjacent to an activating group) is 1. The Labute approximate surface area is 112 Å². The van der Waals surface area contributed by atoms with Gasteiger partial charge in [0.25, 0.3) is 0 Å². The first-order chi connectivity index (χ1) is 8.58. The average Bonchev–Trinajstić information content (AvgIpc) is 2.30. The normalized spacial score (nSPS) is 18.2. The predicted octanol–water partition coefficient (Wildman–Crippen LogP) is 3.96. The van der Waals surface area contributed by atoms with E-state index in [0.29, 0.717) is 5.78 Å². The van der Waals surface area contributed by atoms with Crippen molar-refractivity contribution >= 4 is 5.78 Å². The fraction of sp³-hybridized carbons (Fsp3) is 0.812. The second-order valence-corrected chi connectivity index (χ2v) is 5.64. The molecule has 104 valence electrons. The zero-order valence-electron chi connectivity index (χ0n) is 12.6. The number of hydrogen-bond acceptors (Lipinski definition) is 2. The van der Waals surface area contributed by atoms with Crippen molar-refractivity contribution in [2.75, 3.05) is 14.1 Å². The molecule has 1 aliphatic carbocycles. The van der Waals surface area contributed by atoms with E-state index in [4.69, 9.17) is 0 Å². The third kappa shape index (κ3) is 3.23. The number of Topliss-reactive ketones (excluding diaryl/α,β-unsaturated/α-hetero) is 1. The molecule has 0 aromatic rings. The highest BCUT2D eigenvalue weighted by Gasteiger charge is 2.38. The summed E-state index contributed by atoms with van der Waals surface area (Å²) in [6, 6.07) is 0. The topological polar surface area (TPSA) is 20.3 Å². The van der Waals surface area contributed by atoms with Gasteiger partial charge in [-0.1, -0.05) is 32.8 Å². The molecular weight excluding hydrogens is 222 g/mol. The standard InChI is InChI=1S/C16H29NO/c1-5-16(6-2,17(3)4)15(18)14-12-10-8-7-9-11-13-14/h12H,5-11,13H2,1-4H3. The van der Waals surface area contributed by atoms with Gasteiger partial charge in [0.15, 0.2) is 5.78 Å². The van der Waals surface area contributed by atoms with E-state index in [9.17, 15) is 4.79 Å². The second-order valence-electron chi connectivity index (χ2n) is 5.64. The molecule has 0 amide bonds. The average molecular weight is 251 g/mol. The van der Waals surface area contributed by atoms with Crippen molar-refractivity contribution in [3.8, 4) is 0 Å². The van der Waals surface area contributed by atoms with Crippen LogP contribution in [-0.4, -0.2) is 30.3 Å². The molecule has 18 heavy (non-hydrogen) atoms. The van der Waals surface area contributed by atoms with Crippen molar-refractivity contribution in [3.63, 3.8) is 0 Å². The summed E-state index contributed by atoms with van der Waals surface area (Å²) in [7, 11) is 4.07. The first-order valence-corrected chi connectivity index (χ1v) is 7.49. The van der Waals surface area contributed by atoms with Crippen LogP contribution in [0.3, 0.4) is 0 Å². The van der Waals surface area contributed by atoms with Gasteiger partial charge in [0, 0.05) is 0 Å². The maximum atomic E-state index is 12.9. The molecule has 0 N–H and O–H groups in total. The van der Waals surface area contributed by atoms with Gasteiger partial charge in [-0.3, -0.25) is 9.69 Å². The van der Waals surface area contributed by atoms with Gasteiger partial charge >= 0.3 is 0 Å². The minimum atomic E-state index is -0.287. The number of allylic oxidation sites excluding steroid dienone is 1. The van der Waals surface area contributed by atoms with Gasteiger partial charge in [-0.2, -0.15) is 0 Å². The lowest BCUT2D eigenvalue weighted by molar-refractivity contribution is -0.126. The van der Waals surface area contributed by atoms with Crippen LogP contribution in [0.2, 0.25) is 0 Å². The lowest BCUT2D eigenvalue weighted by Crippen LogP contribution is -2.50. The van der Waals surface area contributed by atoms with E-state index in [1.807, 2.05) is 14.1 Å². The molecule has 2 heteroatoms. The molecule has 0 radical (unpaired) electrons. The Bertz CT molecular complexity index is 300. The molecule has 0 aromatic carbocycles. The molecule has 0 atom stereocenters. The summed E-state index contributed by atoms with van der Waals surface area (Å²) in [6.45, 7) is 4.26. The van der Waals surface area contributed by atoms with Crippen LogP contribution >= 0.6 is 0 Å². The SMILES string of the molecule is CCC(CC)(C(=O)C1=CCCCCCC1)N(C)C. The minimum absolute atomic E-state index is 0.287. The number of nitrogens with zero attached hydrogens (tertiary/aromatic N) is 1. The van der Waals surface area contributed by atoms with E-state index >= 15 is 0 Å². The van der Waals surface area contributed by atoms with Crippen LogP contribution in [-0.2, 0) is 4.79 Å². The number of carbonyl (C=O) groups excluding carboxylic acids is 1. The van der Waals surface area contributed by atoms with E-state index in [1.54, 1.807) is 0 Å². The summed E-state index contributed by atoms with van der Waals surface area (Å²) in [4.78, 5) is 15.0. The van der Waals surface area contributed by atoms with Gasteiger partial charge in [0.1, 0.15) is 0 Å². The molecular formula is C16H29NO. The Kier molecular flexibility index (Phi) is 6.07. The minimum Gasteiger partial charge on any atom is -0.297 e. The second kappa shape index (κ2) is 7.08. The number of carbonyl (C=O) groups is 1. The lowest BCUT2D eigenvalue weighted by atomic mass is 9.80.